The fraction of sp³-hybridized carbons (Fsp3) is 0.308. The Morgan fingerprint density at radius 3 is 2.40 bits per heavy atom. The van der Waals surface area contributed by atoms with Gasteiger partial charge >= 0.3 is 0 Å². The SMILES string of the molecule is CCc1nc(C)cn1S(=O)(=O)c1cc(Cl)c(Cl)cc1C. The minimum absolute atomic E-state index is 0.138. The predicted octanol–water partition coefficient (Wildman–Crippen LogP) is 3.61. The first-order valence-electron chi connectivity index (χ1n) is 6.03. The van der Waals surface area contributed by atoms with E-state index in [2.05, 4.69) is 4.98 Å². The molecule has 0 radical (unpaired) electrons. The van der Waals surface area contributed by atoms with E-state index in [1.165, 1.54) is 16.2 Å². The molecule has 0 N–H and O–H groups in total. The van der Waals surface area contributed by atoms with Crippen LogP contribution in [0.1, 0.15) is 24.0 Å². The second kappa shape index (κ2) is 5.39. The van der Waals surface area contributed by atoms with Crippen LogP contribution in [-0.2, 0) is 16.4 Å². The Hall–Kier alpha value is -1.04. The van der Waals surface area contributed by atoms with E-state index in [4.69, 9.17) is 23.2 Å². The van der Waals surface area contributed by atoms with Gasteiger partial charge in [0.15, 0.2) is 0 Å². The van der Waals surface area contributed by atoms with E-state index in [1.54, 1.807) is 19.9 Å². The van der Waals surface area contributed by atoms with Gasteiger partial charge in [0.2, 0.25) is 0 Å². The van der Waals surface area contributed by atoms with Crippen molar-refractivity contribution in [1.29, 1.82) is 0 Å². The summed E-state index contributed by atoms with van der Waals surface area (Å²) in [5, 5.41) is 0.548. The molecule has 0 aliphatic carbocycles. The third-order valence-corrected chi connectivity index (χ3v) is 5.49. The molecular weight excluding hydrogens is 319 g/mol. The second-order valence-corrected chi connectivity index (χ2v) is 7.08. The lowest BCUT2D eigenvalue weighted by molar-refractivity contribution is 0.584. The lowest BCUT2D eigenvalue weighted by Gasteiger charge is -2.11. The lowest BCUT2D eigenvalue weighted by Crippen LogP contribution is -2.16. The lowest BCUT2D eigenvalue weighted by atomic mass is 10.2. The zero-order valence-electron chi connectivity index (χ0n) is 11.3. The van der Waals surface area contributed by atoms with Crippen molar-refractivity contribution in [3.8, 4) is 0 Å². The number of nitrogens with zero attached hydrogens (tertiary/aromatic N) is 2. The molecule has 0 spiro atoms. The van der Waals surface area contributed by atoms with Gasteiger partial charge in [-0.2, -0.15) is 0 Å². The summed E-state index contributed by atoms with van der Waals surface area (Å²) in [7, 11) is -3.72. The van der Waals surface area contributed by atoms with E-state index in [1.807, 2.05) is 6.92 Å². The molecule has 4 nitrogen and oxygen atoms in total. The molecular formula is C13H14Cl2N2O2S. The molecule has 0 amide bonds. The van der Waals surface area contributed by atoms with E-state index in [-0.39, 0.29) is 9.92 Å². The Balaban J connectivity index is 2.70. The first kappa shape index (κ1) is 15.4. The van der Waals surface area contributed by atoms with Gasteiger partial charge in [0.25, 0.3) is 10.0 Å². The zero-order chi connectivity index (χ0) is 15.1. The van der Waals surface area contributed by atoms with Crippen LogP contribution in [-0.4, -0.2) is 17.4 Å². The van der Waals surface area contributed by atoms with Crippen molar-refractivity contribution in [3.05, 3.63) is 45.5 Å². The van der Waals surface area contributed by atoms with Crippen LogP contribution in [0.15, 0.2) is 23.2 Å². The highest BCUT2D eigenvalue weighted by atomic mass is 35.5. The minimum atomic E-state index is -3.72. The topological polar surface area (TPSA) is 52.0 Å². The minimum Gasteiger partial charge on any atom is -0.238 e. The molecule has 0 saturated heterocycles. The van der Waals surface area contributed by atoms with Crippen LogP contribution in [0, 0.1) is 13.8 Å². The molecule has 2 aromatic rings. The van der Waals surface area contributed by atoms with E-state index in [0.717, 1.165) is 0 Å². The Bertz CT molecular complexity index is 767. The van der Waals surface area contributed by atoms with E-state index >= 15 is 0 Å². The van der Waals surface area contributed by atoms with Crippen molar-refractivity contribution in [1.82, 2.24) is 8.96 Å². The van der Waals surface area contributed by atoms with Gasteiger partial charge in [-0.25, -0.2) is 17.4 Å². The highest BCUT2D eigenvalue weighted by Crippen LogP contribution is 2.29. The van der Waals surface area contributed by atoms with E-state index < -0.39 is 10.0 Å². The van der Waals surface area contributed by atoms with Crippen molar-refractivity contribution >= 4 is 33.2 Å². The molecule has 1 aromatic carbocycles. The molecule has 0 aliphatic heterocycles. The third-order valence-electron chi connectivity index (χ3n) is 2.93. The van der Waals surface area contributed by atoms with E-state index in [9.17, 15) is 8.42 Å². The molecule has 7 heteroatoms. The summed E-state index contributed by atoms with van der Waals surface area (Å²) < 4.78 is 26.7. The Kier molecular flexibility index (Phi) is 4.14. The molecule has 2 rings (SSSR count). The standard InChI is InChI=1S/C13H14Cl2N2O2S/c1-4-13-16-9(3)7-17(13)20(18,19)12-6-11(15)10(14)5-8(12)2/h5-7H,4H2,1-3H3. The summed E-state index contributed by atoms with van der Waals surface area (Å²) in [6.45, 7) is 5.30. The summed E-state index contributed by atoms with van der Waals surface area (Å²) in [6, 6.07) is 2.93. The third kappa shape index (κ3) is 2.57. The van der Waals surface area contributed by atoms with Gasteiger partial charge in [-0.1, -0.05) is 30.1 Å². The highest BCUT2D eigenvalue weighted by Gasteiger charge is 2.23. The van der Waals surface area contributed by atoms with Crippen LogP contribution in [0.5, 0.6) is 0 Å². The number of hydrogen-bond donors (Lipinski definition) is 0. The summed E-state index contributed by atoms with van der Waals surface area (Å²) in [5.41, 5.74) is 1.20. The molecule has 108 valence electrons. The van der Waals surface area contributed by atoms with Crippen LogP contribution in [0.3, 0.4) is 0 Å². The number of benzene rings is 1. The monoisotopic (exact) mass is 332 g/mol. The Labute approximate surface area is 128 Å². The smallest absolute Gasteiger partial charge is 0.238 e. The maximum Gasteiger partial charge on any atom is 0.269 e. The summed E-state index contributed by atoms with van der Waals surface area (Å²) >= 11 is 11.8. The number of hydrogen-bond acceptors (Lipinski definition) is 3. The van der Waals surface area contributed by atoms with Crippen molar-refractivity contribution in [2.75, 3.05) is 0 Å². The average molecular weight is 333 g/mol. The molecule has 20 heavy (non-hydrogen) atoms. The number of rotatable bonds is 3. The molecule has 1 aromatic heterocycles. The molecule has 0 bridgehead atoms. The summed E-state index contributed by atoms with van der Waals surface area (Å²) in [6.07, 6.45) is 2.03. The zero-order valence-corrected chi connectivity index (χ0v) is 13.6. The van der Waals surface area contributed by atoms with Gasteiger partial charge in [0.05, 0.1) is 20.6 Å². The van der Waals surface area contributed by atoms with Crippen LogP contribution in [0.25, 0.3) is 0 Å². The maximum atomic E-state index is 12.7. The van der Waals surface area contributed by atoms with Crippen molar-refractivity contribution in [2.24, 2.45) is 0 Å². The molecule has 0 aliphatic rings. The highest BCUT2D eigenvalue weighted by molar-refractivity contribution is 7.90. The maximum absolute atomic E-state index is 12.7. The first-order valence-corrected chi connectivity index (χ1v) is 8.23. The van der Waals surface area contributed by atoms with Gasteiger partial charge in [0.1, 0.15) is 5.82 Å². The van der Waals surface area contributed by atoms with Gasteiger partial charge in [-0.05, 0) is 31.5 Å². The molecule has 1 heterocycles. The van der Waals surface area contributed by atoms with Crippen LogP contribution < -0.4 is 0 Å². The van der Waals surface area contributed by atoms with Gasteiger partial charge in [-0.15, -0.1) is 0 Å². The van der Waals surface area contributed by atoms with Crippen molar-refractivity contribution < 1.29 is 8.42 Å². The quantitative estimate of drug-likeness (QED) is 0.862. The Morgan fingerprint density at radius 2 is 1.80 bits per heavy atom. The van der Waals surface area contributed by atoms with Crippen molar-refractivity contribution in [2.45, 2.75) is 32.1 Å². The first-order chi connectivity index (χ1) is 9.27. The molecule has 0 saturated carbocycles. The Morgan fingerprint density at radius 1 is 1.20 bits per heavy atom. The summed E-state index contributed by atoms with van der Waals surface area (Å²) in [5.74, 6) is 0.493. The van der Waals surface area contributed by atoms with Crippen molar-refractivity contribution in [3.63, 3.8) is 0 Å². The number of halogens is 2. The van der Waals surface area contributed by atoms with Crippen LogP contribution >= 0.6 is 23.2 Å². The van der Waals surface area contributed by atoms with Gasteiger partial charge in [-0.3, -0.25) is 0 Å². The van der Waals surface area contributed by atoms with Gasteiger partial charge in [0, 0.05) is 12.6 Å². The number of aromatic nitrogens is 2. The largest absolute Gasteiger partial charge is 0.269 e. The predicted molar refractivity (Wildman–Crippen MR) is 80.1 cm³/mol. The number of imidazole rings is 1. The summed E-state index contributed by atoms with van der Waals surface area (Å²) in [4.78, 5) is 4.35. The average Bonchev–Trinajstić information content (AvgIpc) is 2.75. The van der Waals surface area contributed by atoms with E-state index in [0.29, 0.717) is 28.5 Å². The van der Waals surface area contributed by atoms with Crippen LogP contribution in [0.2, 0.25) is 10.0 Å². The second-order valence-electron chi connectivity index (χ2n) is 4.48. The number of aryl methyl sites for hydroxylation is 3. The fourth-order valence-electron chi connectivity index (χ4n) is 1.98. The molecule has 0 unspecified atom stereocenters. The van der Waals surface area contributed by atoms with Crippen LogP contribution in [0.4, 0.5) is 0 Å². The normalized spacial score (nSPS) is 11.8. The fourth-order valence-corrected chi connectivity index (χ4v) is 4.11. The molecule has 0 fully saturated rings. The molecule has 0 atom stereocenters. The van der Waals surface area contributed by atoms with Gasteiger partial charge < -0.3 is 0 Å².